The molecule has 1 radical (unpaired) electrons. The van der Waals surface area contributed by atoms with E-state index in [1.807, 2.05) is 52.0 Å². The summed E-state index contributed by atoms with van der Waals surface area (Å²) in [5.41, 5.74) is 3.04. The minimum Gasteiger partial charge on any atom is -0.512 e. The number of halogens is 3. The number of benzene rings is 3. The first-order valence-corrected chi connectivity index (χ1v) is 24.4. The molecule has 9 heteroatoms. The summed E-state index contributed by atoms with van der Waals surface area (Å²) in [5.74, 6) is 0.547. The van der Waals surface area contributed by atoms with Crippen LogP contribution in [0.25, 0.3) is 42.6 Å². The normalized spacial score (nSPS) is 12.9. The Morgan fingerprint density at radius 2 is 1.44 bits per heavy atom. The predicted molar refractivity (Wildman–Crippen MR) is 236 cm³/mol. The number of allylic oxidation sites excluding steroid dienone is 2. The largest absolute Gasteiger partial charge is 0.512 e. The van der Waals surface area contributed by atoms with Crippen LogP contribution in [0.3, 0.4) is 0 Å². The van der Waals surface area contributed by atoms with Crippen LogP contribution < -0.4 is 5.19 Å². The van der Waals surface area contributed by atoms with E-state index in [-0.39, 0.29) is 55.3 Å². The molecule has 0 saturated heterocycles. The maximum absolute atomic E-state index is 13.5. The molecule has 0 aliphatic rings. The molecule has 0 saturated carbocycles. The Morgan fingerprint density at radius 3 is 1.96 bits per heavy atom. The van der Waals surface area contributed by atoms with Gasteiger partial charge in [0.05, 0.1) is 19.2 Å². The van der Waals surface area contributed by atoms with Gasteiger partial charge in [-0.05, 0) is 65.3 Å². The molecule has 1 N–H and O–H groups in total. The third-order valence-corrected chi connectivity index (χ3v) is 14.1. The minimum absolute atomic E-state index is 0. The van der Waals surface area contributed by atoms with Gasteiger partial charge in [-0.1, -0.05) is 135 Å². The van der Waals surface area contributed by atoms with E-state index in [0.29, 0.717) is 5.56 Å². The topological polar surface area (TPSA) is 50.2 Å². The molecule has 3 nitrogen and oxygen atoms in total. The number of hydrogen-bond acceptors (Lipinski definition) is 4. The molecule has 311 valence electrons. The molecular weight excluding hydrogens is 932 g/mol. The van der Waals surface area contributed by atoms with Crippen LogP contribution in [0.4, 0.5) is 13.2 Å². The smallest absolute Gasteiger partial charge is 0.394 e. The van der Waals surface area contributed by atoms with Gasteiger partial charge in [0.15, 0.2) is 5.78 Å². The Hall–Kier alpha value is -3.10. The van der Waals surface area contributed by atoms with Crippen molar-refractivity contribution in [3.05, 3.63) is 95.9 Å². The van der Waals surface area contributed by atoms with Crippen LogP contribution in [-0.4, -0.2) is 30.1 Å². The molecule has 0 bridgehead atoms. The maximum Gasteiger partial charge on any atom is 0.394 e. The van der Waals surface area contributed by atoms with Gasteiger partial charge in [-0.3, -0.25) is 9.78 Å². The maximum atomic E-state index is 13.5. The number of aromatic nitrogens is 1. The molecule has 0 atom stereocenters. The van der Waals surface area contributed by atoms with Crippen molar-refractivity contribution in [2.45, 2.75) is 126 Å². The Morgan fingerprint density at radius 1 is 0.860 bits per heavy atom. The molecule has 0 fully saturated rings. The first-order valence-electron chi connectivity index (χ1n) is 20.1. The Kier molecular flexibility index (Phi) is 16.3. The standard InChI is InChI=1S/C35H37F3NSSi.C13H24O2.Ir/c1-33(2,3)28-18-25(17-24-11-9-10-12-26(24)28)31-32-27(30(21-39-31)41(6,7)8)19-29(40-32)23-15-13-22(14-16-23)20-34(4,5)35(36,37)38;1-5-10(6-2)12(14)9-13(15)11(7-3)8-4;/h9-16,18-19,21H,20H2,1-8H3;9-11,14H,5-8H2,1-4H3;/q-1;;/b;12-9-;. The molecule has 0 aliphatic heterocycles. The molecule has 5 rings (SSSR count). The van der Waals surface area contributed by atoms with Crippen molar-refractivity contribution in [1.29, 1.82) is 0 Å². The fraction of sp³-hybridized carbons (Fsp3) is 0.458. The summed E-state index contributed by atoms with van der Waals surface area (Å²) in [5, 5.41) is 14.6. The van der Waals surface area contributed by atoms with Crippen LogP contribution in [0, 0.1) is 23.3 Å². The summed E-state index contributed by atoms with van der Waals surface area (Å²) in [6.07, 6.45) is 2.66. The molecule has 5 aromatic rings. The first kappa shape index (κ1) is 48.3. The van der Waals surface area contributed by atoms with E-state index >= 15 is 0 Å². The molecule has 0 amide bonds. The van der Waals surface area contributed by atoms with E-state index < -0.39 is 19.7 Å². The summed E-state index contributed by atoms with van der Waals surface area (Å²) >= 11 is 1.70. The van der Waals surface area contributed by atoms with Crippen LogP contribution in [0.5, 0.6) is 0 Å². The van der Waals surface area contributed by atoms with Crippen molar-refractivity contribution in [1.82, 2.24) is 4.98 Å². The number of fused-ring (bicyclic) bond motifs is 2. The van der Waals surface area contributed by atoms with Gasteiger partial charge in [0, 0.05) is 59.5 Å². The number of ketones is 1. The number of carbonyl (C=O) groups excluding carboxylic acids is 1. The third-order valence-electron chi connectivity index (χ3n) is 10.9. The number of aliphatic hydroxyl groups is 1. The number of hydrogen-bond donors (Lipinski definition) is 1. The van der Waals surface area contributed by atoms with E-state index in [0.717, 1.165) is 57.5 Å². The van der Waals surface area contributed by atoms with Crippen LogP contribution in [-0.2, 0) is 36.7 Å². The fourth-order valence-electron chi connectivity index (χ4n) is 7.11. The summed E-state index contributed by atoms with van der Waals surface area (Å²) in [7, 11) is -1.72. The Balaban J connectivity index is 0.000000464. The van der Waals surface area contributed by atoms with Crippen LogP contribution in [0.1, 0.15) is 99.1 Å². The van der Waals surface area contributed by atoms with Crippen molar-refractivity contribution < 1.29 is 43.2 Å². The van der Waals surface area contributed by atoms with Crippen LogP contribution in [0.2, 0.25) is 19.6 Å². The molecule has 0 unspecified atom stereocenters. The molecule has 2 aromatic heterocycles. The zero-order valence-electron chi connectivity index (χ0n) is 35.8. The molecule has 3 aromatic carbocycles. The summed E-state index contributed by atoms with van der Waals surface area (Å²) in [4.78, 5) is 17.9. The summed E-state index contributed by atoms with van der Waals surface area (Å²) in [6, 6.07) is 24.1. The van der Waals surface area contributed by atoms with Gasteiger partial charge in [0.25, 0.3) is 0 Å². The quantitative estimate of drug-likeness (QED) is 0.0586. The second kappa shape index (κ2) is 19.3. The third kappa shape index (κ3) is 11.6. The number of carbonyl (C=O) groups is 1. The Bertz CT molecular complexity index is 2150. The minimum atomic E-state index is -4.25. The van der Waals surface area contributed by atoms with Gasteiger partial charge in [0.2, 0.25) is 0 Å². The van der Waals surface area contributed by atoms with Crippen molar-refractivity contribution in [3.63, 3.8) is 0 Å². The van der Waals surface area contributed by atoms with E-state index in [1.54, 1.807) is 11.3 Å². The number of nitrogens with zero attached hydrogens (tertiary/aromatic N) is 1. The van der Waals surface area contributed by atoms with Gasteiger partial charge in [0.1, 0.15) is 0 Å². The van der Waals surface area contributed by atoms with Crippen LogP contribution >= 0.6 is 11.3 Å². The van der Waals surface area contributed by atoms with Crippen molar-refractivity contribution in [3.8, 4) is 21.7 Å². The van der Waals surface area contributed by atoms with E-state index in [2.05, 4.69) is 89.1 Å². The van der Waals surface area contributed by atoms with Gasteiger partial charge >= 0.3 is 6.18 Å². The number of alkyl halides is 3. The van der Waals surface area contributed by atoms with Gasteiger partial charge in [-0.25, -0.2) is 0 Å². The summed E-state index contributed by atoms with van der Waals surface area (Å²) < 4.78 is 41.5. The second-order valence-corrected chi connectivity index (χ2v) is 23.9. The first-order chi connectivity index (χ1) is 26.1. The average Bonchev–Trinajstić information content (AvgIpc) is 3.56. The van der Waals surface area contributed by atoms with Crippen molar-refractivity contribution in [2.24, 2.45) is 17.3 Å². The summed E-state index contributed by atoms with van der Waals surface area (Å²) in [6.45, 7) is 24.3. The second-order valence-electron chi connectivity index (χ2n) is 17.8. The van der Waals surface area contributed by atoms with Crippen LogP contribution in [0.15, 0.2) is 78.7 Å². The molecular formula is C48H61F3IrNO2SSi-. The van der Waals surface area contributed by atoms with Gasteiger partial charge in [-0.15, -0.1) is 40.5 Å². The molecule has 2 heterocycles. The molecule has 0 spiro atoms. The van der Waals surface area contributed by atoms with Gasteiger partial charge in [-0.2, -0.15) is 13.2 Å². The van der Waals surface area contributed by atoms with E-state index in [1.165, 1.54) is 41.4 Å². The SMILES string of the molecule is CC(C)(C)c1cc(-c2ncc([Si](C)(C)C)c3cc(-c4ccc(CC(C)(C)C(F)(F)F)cc4)sc23)[c-]c2ccccc12.CCC(CC)C(=O)/C=C(\O)C(CC)CC.[Ir]. The average molecular weight is 993 g/mol. The number of thiophene rings is 1. The van der Waals surface area contributed by atoms with Gasteiger partial charge < -0.3 is 5.11 Å². The number of aliphatic hydroxyl groups excluding tert-OH is 1. The van der Waals surface area contributed by atoms with E-state index in [9.17, 15) is 23.1 Å². The van der Waals surface area contributed by atoms with Crippen molar-refractivity contribution in [2.75, 3.05) is 0 Å². The monoisotopic (exact) mass is 993 g/mol. The fourth-order valence-corrected chi connectivity index (χ4v) is 9.85. The van der Waals surface area contributed by atoms with Crippen molar-refractivity contribution >= 4 is 51.2 Å². The Labute approximate surface area is 358 Å². The number of pyridine rings is 1. The zero-order chi connectivity index (χ0) is 41.8. The molecule has 57 heavy (non-hydrogen) atoms. The molecule has 0 aliphatic carbocycles. The zero-order valence-corrected chi connectivity index (χ0v) is 40.0. The van der Waals surface area contributed by atoms with E-state index in [4.69, 9.17) is 4.98 Å². The predicted octanol–water partition coefficient (Wildman–Crippen LogP) is 14.4. The number of rotatable bonds is 12.